The van der Waals surface area contributed by atoms with E-state index in [4.69, 9.17) is 5.11 Å². The van der Waals surface area contributed by atoms with Crippen LogP contribution < -0.4 is 0 Å². The monoisotopic (exact) mass is 1160 g/mol. The third-order valence-electron chi connectivity index (χ3n) is 8.73. The van der Waals surface area contributed by atoms with Gasteiger partial charge in [-0.05, 0) is 0 Å². The number of rotatable bonds is 22. The molecule has 0 heterocycles. The van der Waals surface area contributed by atoms with Crippen LogP contribution >= 0.6 is 0 Å². The Bertz CT molecular complexity index is 1870. The second kappa shape index (κ2) is 16.2. The van der Waals surface area contributed by atoms with Crippen LogP contribution in [0.1, 0.15) is 6.42 Å². The molecule has 0 unspecified atom stereocenters. The molecule has 0 saturated carbocycles. The summed E-state index contributed by atoms with van der Waals surface area (Å²) in [6.45, 7) is -2.73. The van der Waals surface area contributed by atoms with Gasteiger partial charge in [-0.25, -0.2) is 0 Å². The summed E-state index contributed by atoms with van der Waals surface area (Å²) in [5.41, 5.74) is 0. The Kier molecular flexibility index (Phi) is 15.4. The number of halogens is 45. The van der Waals surface area contributed by atoms with Crippen LogP contribution in [0.3, 0.4) is 0 Å². The fourth-order valence-electron chi connectivity index (χ4n) is 4.25. The molecular weight excluding hydrogens is 1160 g/mol. The summed E-state index contributed by atoms with van der Waals surface area (Å²) in [6, 6.07) is 0. The lowest BCUT2D eigenvalue weighted by Gasteiger charge is -2.47. The van der Waals surface area contributed by atoms with E-state index >= 15 is 0 Å². The van der Waals surface area contributed by atoms with Gasteiger partial charge < -0.3 is 5.11 Å². The van der Waals surface area contributed by atoms with E-state index in [2.05, 4.69) is 0 Å². The van der Waals surface area contributed by atoms with Crippen molar-refractivity contribution >= 4 is 0 Å². The predicted molar refractivity (Wildman–Crippen MR) is 122 cm³/mol. The smallest absolute Gasteiger partial charge is 0.396 e. The number of hydrogen-bond acceptors (Lipinski definition) is 1. The van der Waals surface area contributed by atoms with Gasteiger partial charge in [0.25, 0.3) is 0 Å². The summed E-state index contributed by atoms with van der Waals surface area (Å²) >= 11 is 0. The number of hydrogen-bond donors (Lipinski definition) is 1. The predicted octanol–water partition coefficient (Wildman–Crippen LogP) is 14.3. The SMILES string of the molecule is OCCC(F)(F)C(F)(F)C(F)(F)C(F)(F)C(F)(F)C(F)(F)C(F)(F)C(F)(F)C(F)(F)C(F)(F)C(F)(F)C(F)(F)C(F)(F)C(F)(F)C(F)(F)C(F)(F)C(F)(F)C(F)(F)C(F)(F)C(F)(F)C(F)(F)C(F)(F)F. The van der Waals surface area contributed by atoms with E-state index < -0.39 is 144 Å². The molecule has 46 heteroatoms. The maximum Gasteiger partial charge on any atom is 0.460 e. The zero-order valence-electron chi connectivity index (χ0n) is 29.9. The topological polar surface area (TPSA) is 20.2 Å². The van der Waals surface area contributed by atoms with Crippen LogP contribution in [-0.4, -0.2) is 142 Å². The molecule has 0 aromatic rings. The van der Waals surface area contributed by atoms with Crippen LogP contribution in [0.25, 0.3) is 0 Å². The zero-order chi connectivity index (χ0) is 58.4. The molecule has 1 N–H and O–H groups in total. The molecule has 1 nitrogen and oxygen atoms in total. The van der Waals surface area contributed by atoms with Crippen LogP contribution in [0.4, 0.5) is 198 Å². The molecule has 0 atom stereocenters. The Morgan fingerprint density at radius 1 is 0.157 bits per heavy atom. The second-order valence-corrected chi connectivity index (χ2v) is 13.2. The summed E-state index contributed by atoms with van der Waals surface area (Å²) < 4.78 is 615. The fraction of sp³-hybridized carbons (Fsp3) is 1.00. The van der Waals surface area contributed by atoms with Crippen LogP contribution in [-0.2, 0) is 0 Å². The van der Waals surface area contributed by atoms with Gasteiger partial charge in [0, 0.05) is 13.0 Å². The Hall–Kier alpha value is -3.19. The molecule has 0 aliphatic rings. The standard InChI is InChI=1S/C24H5F45O/c25-3(26,1-2-70)4(27,28)5(29,30)6(31,32)7(33,34)8(35,36)9(37,38)10(39,40)11(41,42)12(43,44)13(45,46)14(47,48)15(49,50)16(51,52)17(53,54)18(55,56)19(57,58)20(59,60)21(61,62)22(63,64)23(65,66)24(67,68)69/h70H,1-2H2. The maximum atomic E-state index is 14.1. The van der Waals surface area contributed by atoms with Crippen LogP contribution in [0.5, 0.6) is 0 Å². The minimum atomic E-state index is -10.8. The van der Waals surface area contributed by atoms with Crippen LogP contribution in [0.15, 0.2) is 0 Å². The molecule has 0 aliphatic heterocycles. The van der Waals surface area contributed by atoms with Gasteiger partial charge in [0.15, 0.2) is 0 Å². The molecule has 0 saturated heterocycles. The van der Waals surface area contributed by atoms with E-state index in [-0.39, 0.29) is 0 Å². The highest BCUT2D eigenvalue weighted by Crippen LogP contribution is 2.72. The van der Waals surface area contributed by atoms with Crippen molar-refractivity contribution in [1.29, 1.82) is 0 Å². The van der Waals surface area contributed by atoms with Crippen molar-refractivity contribution in [2.24, 2.45) is 0 Å². The summed E-state index contributed by atoms with van der Waals surface area (Å²) in [7, 11) is 0. The third-order valence-corrected chi connectivity index (χ3v) is 8.73. The van der Waals surface area contributed by atoms with Crippen LogP contribution in [0.2, 0.25) is 0 Å². The Morgan fingerprint density at radius 2 is 0.257 bits per heavy atom. The van der Waals surface area contributed by atoms with Crippen molar-refractivity contribution in [1.82, 2.24) is 0 Å². The van der Waals surface area contributed by atoms with Crippen molar-refractivity contribution in [3.05, 3.63) is 0 Å². The number of alkyl halides is 45. The molecular formula is C24H5F45O. The lowest BCUT2D eigenvalue weighted by atomic mass is 9.81. The molecule has 0 fully saturated rings. The Labute approximate surface area is 347 Å². The molecule has 0 aromatic heterocycles. The second-order valence-electron chi connectivity index (χ2n) is 13.2. The molecule has 0 aliphatic carbocycles. The van der Waals surface area contributed by atoms with Crippen molar-refractivity contribution in [2.75, 3.05) is 6.61 Å². The van der Waals surface area contributed by atoms with Gasteiger partial charge in [-0.1, -0.05) is 0 Å². The van der Waals surface area contributed by atoms with Gasteiger partial charge in [-0.15, -0.1) is 0 Å². The average molecular weight is 1160 g/mol. The van der Waals surface area contributed by atoms with Gasteiger partial charge in [-0.2, -0.15) is 198 Å². The van der Waals surface area contributed by atoms with Gasteiger partial charge in [0.2, 0.25) is 0 Å². The molecule has 70 heavy (non-hydrogen) atoms. The van der Waals surface area contributed by atoms with Gasteiger partial charge >= 0.3 is 131 Å². The van der Waals surface area contributed by atoms with Crippen molar-refractivity contribution in [3.8, 4) is 0 Å². The van der Waals surface area contributed by atoms with E-state index in [0.717, 1.165) is 0 Å². The van der Waals surface area contributed by atoms with E-state index in [1.54, 1.807) is 0 Å². The fourth-order valence-corrected chi connectivity index (χ4v) is 4.25. The molecule has 0 amide bonds. The van der Waals surface area contributed by atoms with E-state index in [1.165, 1.54) is 0 Å². The first-order valence-electron chi connectivity index (χ1n) is 14.9. The third kappa shape index (κ3) is 7.32. The maximum absolute atomic E-state index is 14.1. The van der Waals surface area contributed by atoms with Gasteiger partial charge in [0.05, 0.1) is 0 Å². The molecule has 0 rings (SSSR count). The van der Waals surface area contributed by atoms with Gasteiger partial charge in [0.1, 0.15) is 0 Å². The first-order chi connectivity index (χ1) is 29.3. The van der Waals surface area contributed by atoms with E-state index in [9.17, 15) is 198 Å². The van der Waals surface area contributed by atoms with Crippen molar-refractivity contribution in [3.63, 3.8) is 0 Å². The highest BCUT2D eigenvalue weighted by atomic mass is 19.4. The minimum Gasteiger partial charge on any atom is -0.396 e. The highest BCUT2D eigenvalue weighted by Gasteiger charge is 3.04. The summed E-state index contributed by atoms with van der Waals surface area (Å²) in [4.78, 5) is 0. The summed E-state index contributed by atoms with van der Waals surface area (Å²) in [6.07, 6.45) is -12.0. The molecule has 0 spiro atoms. The van der Waals surface area contributed by atoms with Crippen molar-refractivity contribution in [2.45, 2.75) is 137 Å². The first kappa shape index (κ1) is 66.8. The Balaban J connectivity index is 8.09. The summed E-state index contributed by atoms with van der Waals surface area (Å²) in [5, 5.41) is 8.05. The van der Waals surface area contributed by atoms with E-state index in [1.807, 2.05) is 0 Å². The first-order valence-corrected chi connectivity index (χ1v) is 14.9. The minimum absolute atomic E-state index is 2.73. The van der Waals surface area contributed by atoms with Crippen LogP contribution in [0, 0.1) is 0 Å². The molecule has 0 aromatic carbocycles. The summed E-state index contributed by atoms with van der Waals surface area (Å²) in [5.74, 6) is -212. The Morgan fingerprint density at radius 3 is 0.357 bits per heavy atom. The van der Waals surface area contributed by atoms with Gasteiger partial charge in [-0.3, -0.25) is 0 Å². The molecule has 422 valence electrons. The molecule has 0 radical (unpaired) electrons. The molecule has 0 bridgehead atoms. The lowest BCUT2D eigenvalue weighted by Crippen LogP contribution is -2.81. The average Bonchev–Trinajstić information content (AvgIpc) is 3.12. The quantitative estimate of drug-likeness (QED) is 0.107. The lowest BCUT2D eigenvalue weighted by molar-refractivity contribution is -0.497. The van der Waals surface area contributed by atoms with Crippen molar-refractivity contribution < 1.29 is 203 Å². The number of aliphatic hydroxyl groups excluding tert-OH is 1. The largest absolute Gasteiger partial charge is 0.460 e. The zero-order valence-corrected chi connectivity index (χ0v) is 29.9. The highest BCUT2D eigenvalue weighted by molar-refractivity contribution is 5.24. The van der Waals surface area contributed by atoms with E-state index in [0.29, 0.717) is 0 Å². The normalized spacial score (nSPS) is 17.4. The number of aliphatic hydroxyl groups is 1.